The summed E-state index contributed by atoms with van der Waals surface area (Å²) in [6.07, 6.45) is 7.11. The van der Waals surface area contributed by atoms with Gasteiger partial charge in [0.1, 0.15) is 10.2 Å². The molecular formula is C15H19BrN4O2. The fraction of sp³-hybridized carbons (Fsp3) is 0.533. The second-order valence-electron chi connectivity index (χ2n) is 6.47. The van der Waals surface area contributed by atoms with Crippen LogP contribution in [0.3, 0.4) is 0 Å². The lowest BCUT2D eigenvalue weighted by molar-refractivity contribution is 0.0222. The lowest BCUT2D eigenvalue weighted by atomic mass is 10.1. The van der Waals surface area contributed by atoms with Crippen molar-refractivity contribution in [3.05, 3.63) is 28.9 Å². The first kappa shape index (κ1) is 15.3. The van der Waals surface area contributed by atoms with Crippen molar-refractivity contribution in [1.82, 2.24) is 19.3 Å². The summed E-state index contributed by atoms with van der Waals surface area (Å²) in [5, 5.41) is 0. The van der Waals surface area contributed by atoms with Crippen LogP contribution in [0.5, 0.6) is 0 Å². The number of hydrogen-bond acceptors (Lipinski definition) is 4. The molecule has 1 aliphatic rings. The van der Waals surface area contributed by atoms with Gasteiger partial charge in [0, 0.05) is 18.9 Å². The molecule has 2 aromatic heterocycles. The van der Waals surface area contributed by atoms with Crippen LogP contribution in [-0.2, 0) is 4.74 Å². The van der Waals surface area contributed by atoms with E-state index in [9.17, 15) is 4.79 Å². The summed E-state index contributed by atoms with van der Waals surface area (Å²) in [6, 6.07) is -0.0338. The number of fused-ring (bicyclic) bond motifs is 1. The Morgan fingerprint density at radius 1 is 1.41 bits per heavy atom. The predicted molar refractivity (Wildman–Crippen MR) is 85.6 cm³/mol. The van der Waals surface area contributed by atoms with Crippen LogP contribution in [0, 0.1) is 0 Å². The maximum atomic E-state index is 12.4. The number of nitrogens with zero attached hydrogens (tertiary/aromatic N) is 4. The molecule has 1 amide bonds. The number of carbonyl (C=O) groups excluding carboxylic acids is 1. The lowest BCUT2D eigenvalue weighted by Gasteiger charge is -2.27. The van der Waals surface area contributed by atoms with E-state index in [4.69, 9.17) is 4.74 Å². The Balaban J connectivity index is 1.86. The molecule has 2 aromatic rings. The zero-order valence-corrected chi connectivity index (χ0v) is 14.5. The first-order valence-electron chi connectivity index (χ1n) is 7.33. The van der Waals surface area contributed by atoms with Crippen molar-refractivity contribution in [2.24, 2.45) is 0 Å². The monoisotopic (exact) mass is 366 g/mol. The Labute approximate surface area is 137 Å². The zero-order valence-electron chi connectivity index (χ0n) is 12.9. The summed E-state index contributed by atoms with van der Waals surface area (Å²) in [4.78, 5) is 22.9. The summed E-state index contributed by atoms with van der Waals surface area (Å²) < 4.78 is 8.16. The molecule has 7 heteroatoms. The zero-order chi connectivity index (χ0) is 15.9. The van der Waals surface area contributed by atoms with Gasteiger partial charge >= 0.3 is 6.09 Å². The minimum absolute atomic E-state index is 0.0338. The van der Waals surface area contributed by atoms with Crippen molar-refractivity contribution in [2.75, 3.05) is 6.54 Å². The molecule has 3 heterocycles. The van der Waals surface area contributed by atoms with E-state index in [2.05, 4.69) is 25.9 Å². The summed E-state index contributed by atoms with van der Waals surface area (Å²) in [7, 11) is 0. The third-order valence-electron chi connectivity index (χ3n) is 3.55. The highest BCUT2D eigenvalue weighted by molar-refractivity contribution is 9.10. The van der Waals surface area contributed by atoms with Gasteiger partial charge in [0.2, 0.25) is 0 Å². The SMILES string of the molecule is CC(C)(C)OC(=O)N1CCC[C@@H]1c1cn2cc(Br)ncc2n1. The number of halogens is 1. The van der Waals surface area contributed by atoms with Crippen molar-refractivity contribution in [3.63, 3.8) is 0 Å². The molecule has 0 radical (unpaired) electrons. The van der Waals surface area contributed by atoms with Gasteiger partial charge in [-0.3, -0.25) is 4.90 Å². The molecule has 1 fully saturated rings. The van der Waals surface area contributed by atoms with Gasteiger partial charge in [0.05, 0.1) is 17.9 Å². The van der Waals surface area contributed by atoms with E-state index >= 15 is 0 Å². The molecule has 0 aromatic carbocycles. The van der Waals surface area contributed by atoms with Crippen LogP contribution in [0.2, 0.25) is 0 Å². The molecule has 3 rings (SSSR count). The number of aromatic nitrogens is 3. The lowest BCUT2D eigenvalue weighted by Crippen LogP contribution is -2.36. The van der Waals surface area contributed by atoms with Crippen LogP contribution in [-0.4, -0.2) is 37.5 Å². The highest BCUT2D eigenvalue weighted by atomic mass is 79.9. The average molecular weight is 367 g/mol. The number of hydrogen-bond donors (Lipinski definition) is 0. The third-order valence-corrected chi connectivity index (χ3v) is 3.96. The molecule has 0 saturated carbocycles. The van der Waals surface area contributed by atoms with Crippen LogP contribution >= 0.6 is 15.9 Å². The topological polar surface area (TPSA) is 59.7 Å². The van der Waals surface area contributed by atoms with Gasteiger partial charge in [-0.05, 0) is 49.5 Å². The number of rotatable bonds is 1. The van der Waals surface area contributed by atoms with Crippen LogP contribution in [0.15, 0.2) is 23.2 Å². The van der Waals surface area contributed by atoms with Crippen LogP contribution < -0.4 is 0 Å². The molecule has 0 N–H and O–H groups in total. The number of carbonyl (C=O) groups is 1. The first-order chi connectivity index (χ1) is 10.3. The molecule has 22 heavy (non-hydrogen) atoms. The Morgan fingerprint density at radius 2 is 2.18 bits per heavy atom. The highest BCUT2D eigenvalue weighted by Gasteiger charge is 2.34. The summed E-state index contributed by atoms with van der Waals surface area (Å²) in [5.74, 6) is 0. The van der Waals surface area contributed by atoms with Gasteiger partial charge < -0.3 is 9.14 Å². The highest BCUT2D eigenvalue weighted by Crippen LogP contribution is 2.32. The second-order valence-corrected chi connectivity index (χ2v) is 7.29. The summed E-state index contributed by atoms with van der Waals surface area (Å²) in [6.45, 7) is 6.34. The Bertz CT molecular complexity index is 707. The van der Waals surface area contributed by atoms with E-state index in [1.54, 1.807) is 11.1 Å². The van der Waals surface area contributed by atoms with Crippen LogP contribution in [0.25, 0.3) is 5.65 Å². The quantitative estimate of drug-likeness (QED) is 0.773. The maximum Gasteiger partial charge on any atom is 0.410 e. The van der Waals surface area contributed by atoms with E-state index in [0.29, 0.717) is 6.54 Å². The van der Waals surface area contributed by atoms with Crippen molar-refractivity contribution in [1.29, 1.82) is 0 Å². The summed E-state index contributed by atoms with van der Waals surface area (Å²) >= 11 is 3.35. The molecule has 0 unspecified atom stereocenters. The smallest absolute Gasteiger partial charge is 0.410 e. The second kappa shape index (κ2) is 5.53. The largest absolute Gasteiger partial charge is 0.444 e. The molecular weight excluding hydrogens is 348 g/mol. The van der Waals surface area contributed by atoms with E-state index in [0.717, 1.165) is 28.8 Å². The van der Waals surface area contributed by atoms with Crippen LogP contribution in [0.4, 0.5) is 4.79 Å². The maximum absolute atomic E-state index is 12.4. The van der Waals surface area contributed by atoms with E-state index < -0.39 is 5.60 Å². The van der Waals surface area contributed by atoms with E-state index in [-0.39, 0.29) is 12.1 Å². The minimum atomic E-state index is -0.488. The number of likely N-dealkylation sites (tertiary alicyclic amines) is 1. The van der Waals surface area contributed by atoms with E-state index in [1.165, 1.54) is 0 Å². The van der Waals surface area contributed by atoms with E-state index in [1.807, 2.05) is 37.6 Å². The van der Waals surface area contributed by atoms with Gasteiger partial charge in [-0.25, -0.2) is 14.8 Å². The molecule has 1 saturated heterocycles. The molecule has 0 spiro atoms. The van der Waals surface area contributed by atoms with Gasteiger partial charge in [-0.2, -0.15) is 0 Å². The molecule has 1 atom stereocenters. The number of ether oxygens (including phenoxy) is 1. The molecule has 1 aliphatic heterocycles. The van der Waals surface area contributed by atoms with Gasteiger partial charge in [0.25, 0.3) is 0 Å². The van der Waals surface area contributed by atoms with Crippen LogP contribution in [0.1, 0.15) is 45.3 Å². The average Bonchev–Trinajstić information content (AvgIpc) is 3.01. The Morgan fingerprint density at radius 3 is 2.91 bits per heavy atom. The fourth-order valence-corrected chi connectivity index (χ4v) is 2.99. The summed E-state index contributed by atoms with van der Waals surface area (Å²) in [5.41, 5.74) is 1.16. The van der Waals surface area contributed by atoms with Crippen molar-refractivity contribution in [2.45, 2.75) is 45.3 Å². The molecule has 118 valence electrons. The molecule has 0 bridgehead atoms. The molecule has 0 aliphatic carbocycles. The van der Waals surface area contributed by atoms with Crippen molar-refractivity contribution in [3.8, 4) is 0 Å². The Hall–Kier alpha value is -1.63. The number of imidazole rings is 1. The van der Waals surface area contributed by atoms with Crippen molar-refractivity contribution < 1.29 is 9.53 Å². The normalized spacial score (nSPS) is 18.9. The fourth-order valence-electron chi connectivity index (χ4n) is 2.67. The van der Waals surface area contributed by atoms with Gasteiger partial charge in [-0.1, -0.05) is 0 Å². The van der Waals surface area contributed by atoms with Crippen molar-refractivity contribution >= 4 is 27.7 Å². The van der Waals surface area contributed by atoms with Gasteiger partial charge in [0.15, 0.2) is 5.65 Å². The first-order valence-corrected chi connectivity index (χ1v) is 8.12. The molecule has 6 nitrogen and oxygen atoms in total. The number of amides is 1. The minimum Gasteiger partial charge on any atom is -0.444 e. The predicted octanol–water partition coefficient (Wildman–Crippen LogP) is 3.56. The third kappa shape index (κ3) is 3.09. The van der Waals surface area contributed by atoms with Gasteiger partial charge in [-0.15, -0.1) is 0 Å². The Kier molecular flexibility index (Phi) is 3.84. The standard InChI is InChI=1S/C15H19BrN4O2/c1-15(2,3)22-14(21)20-6-4-5-11(20)10-8-19-9-12(16)17-7-13(19)18-10/h7-9,11H,4-6H2,1-3H3/t11-/m1/s1.